The number of rotatable bonds is 6. The molecule has 31 heavy (non-hydrogen) atoms. The van der Waals surface area contributed by atoms with E-state index in [1.54, 1.807) is 0 Å². The average Bonchev–Trinajstić information content (AvgIpc) is 2.70. The molecule has 0 saturated heterocycles. The van der Waals surface area contributed by atoms with Crippen molar-refractivity contribution < 1.29 is 28.2 Å². The molecule has 0 aliphatic heterocycles. The highest BCUT2D eigenvalue weighted by Crippen LogP contribution is 2.47. The van der Waals surface area contributed by atoms with Crippen LogP contribution in [0.4, 0.5) is 8.78 Å². The molecule has 0 spiro atoms. The number of nitrogens with one attached hydrogen (secondary N) is 2. The van der Waals surface area contributed by atoms with E-state index in [1.807, 2.05) is 0 Å². The van der Waals surface area contributed by atoms with Crippen LogP contribution in [-0.4, -0.2) is 40.2 Å². The Hall–Kier alpha value is -3.04. The van der Waals surface area contributed by atoms with Crippen LogP contribution in [0.3, 0.4) is 0 Å². The lowest BCUT2D eigenvalue weighted by Crippen LogP contribution is -2.61. The molecule has 10 heteroatoms. The summed E-state index contributed by atoms with van der Waals surface area (Å²) < 4.78 is 32.0. The van der Waals surface area contributed by atoms with Crippen LogP contribution in [0.5, 0.6) is 5.75 Å². The molecule has 2 aromatic rings. The van der Waals surface area contributed by atoms with E-state index >= 15 is 0 Å². The predicted molar refractivity (Wildman–Crippen MR) is 106 cm³/mol. The third-order valence-corrected chi connectivity index (χ3v) is 5.58. The Morgan fingerprint density at radius 1 is 1.26 bits per heavy atom. The highest BCUT2D eigenvalue weighted by atomic mass is 35.5. The van der Waals surface area contributed by atoms with Gasteiger partial charge < -0.3 is 20.5 Å². The molecule has 0 radical (unpaired) electrons. The van der Waals surface area contributed by atoms with Crippen molar-refractivity contribution in [3.05, 3.63) is 70.1 Å². The third-order valence-electron chi connectivity index (χ3n) is 5.27. The second-order valence-electron chi connectivity index (χ2n) is 7.60. The lowest BCUT2D eigenvalue weighted by Gasteiger charge is -2.51. The van der Waals surface area contributed by atoms with Crippen LogP contribution >= 0.6 is 11.6 Å². The SMILES string of the molecule is O=C(COc1ccc(Cl)c(F)c1)NC1=C2CC(NC(=O)c3cc(F)ccn3)(C2)CC1O. The number of carbonyl (C=O) groups is 2. The molecule has 3 aliphatic rings. The van der Waals surface area contributed by atoms with Crippen molar-refractivity contribution in [2.45, 2.75) is 30.9 Å². The van der Waals surface area contributed by atoms with Crippen LogP contribution in [0, 0.1) is 11.6 Å². The Balaban J connectivity index is 1.34. The largest absolute Gasteiger partial charge is 0.484 e. The molecule has 162 valence electrons. The number of nitrogens with zero attached hydrogens (tertiary/aromatic N) is 1. The number of ether oxygens (including phenoxy) is 1. The van der Waals surface area contributed by atoms with Gasteiger partial charge in [0.15, 0.2) is 6.61 Å². The van der Waals surface area contributed by atoms with Crippen LogP contribution in [0.1, 0.15) is 29.8 Å². The minimum Gasteiger partial charge on any atom is -0.484 e. The molecule has 1 saturated carbocycles. The first kappa shape index (κ1) is 21.2. The van der Waals surface area contributed by atoms with E-state index in [-0.39, 0.29) is 29.5 Å². The van der Waals surface area contributed by atoms with Crippen LogP contribution in [0.15, 0.2) is 47.8 Å². The normalized spacial score (nSPS) is 21.9. The van der Waals surface area contributed by atoms with Crippen LogP contribution < -0.4 is 15.4 Å². The first-order valence-corrected chi connectivity index (χ1v) is 9.84. The molecule has 3 N–H and O–H groups in total. The van der Waals surface area contributed by atoms with Gasteiger partial charge in [0.2, 0.25) is 0 Å². The number of aliphatic hydroxyl groups excluding tert-OH is 1. The zero-order valence-corrected chi connectivity index (χ0v) is 16.9. The summed E-state index contributed by atoms with van der Waals surface area (Å²) in [7, 11) is 0. The maximum atomic E-state index is 13.4. The number of fused-ring (bicyclic) bond motifs is 2. The van der Waals surface area contributed by atoms with Gasteiger partial charge in [0.1, 0.15) is 23.1 Å². The number of aliphatic hydroxyl groups is 1. The van der Waals surface area contributed by atoms with Crippen molar-refractivity contribution in [1.82, 2.24) is 15.6 Å². The van der Waals surface area contributed by atoms with E-state index in [9.17, 15) is 23.5 Å². The van der Waals surface area contributed by atoms with Crippen LogP contribution in [0.25, 0.3) is 0 Å². The first-order valence-electron chi connectivity index (χ1n) is 9.46. The second kappa shape index (κ2) is 8.24. The lowest BCUT2D eigenvalue weighted by molar-refractivity contribution is -0.123. The Morgan fingerprint density at radius 2 is 2.03 bits per heavy atom. The number of carbonyl (C=O) groups excluding carboxylic acids is 2. The van der Waals surface area contributed by atoms with E-state index in [0.29, 0.717) is 18.5 Å². The van der Waals surface area contributed by atoms with Gasteiger partial charge in [0.05, 0.1) is 16.7 Å². The topological polar surface area (TPSA) is 101 Å². The molecule has 5 rings (SSSR count). The van der Waals surface area contributed by atoms with Gasteiger partial charge in [-0.2, -0.15) is 0 Å². The number of hydrogen-bond acceptors (Lipinski definition) is 5. The molecular formula is C21H18ClF2N3O4. The van der Waals surface area contributed by atoms with E-state index in [2.05, 4.69) is 15.6 Å². The Bertz CT molecular complexity index is 1080. The van der Waals surface area contributed by atoms with Crippen molar-refractivity contribution in [2.24, 2.45) is 0 Å². The number of halogens is 3. The zero-order valence-electron chi connectivity index (χ0n) is 16.1. The zero-order chi connectivity index (χ0) is 22.2. The monoisotopic (exact) mass is 449 g/mol. The number of aromatic nitrogens is 1. The Kier molecular flexibility index (Phi) is 5.63. The summed E-state index contributed by atoms with van der Waals surface area (Å²) in [5, 5.41) is 15.9. The minimum absolute atomic E-state index is 0.0452. The molecule has 1 heterocycles. The molecule has 2 amide bonds. The molecule has 1 atom stereocenters. The highest BCUT2D eigenvalue weighted by Gasteiger charge is 2.50. The fraction of sp³-hybridized carbons (Fsp3) is 0.286. The molecule has 7 nitrogen and oxygen atoms in total. The molecular weight excluding hydrogens is 432 g/mol. The van der Waals surface area contributed by atoms with Crippen molar-refractivity contribution in [3.63, 3.8) is 0 Å². The molecule has 1 aromatic heterocycles. The molecule has 1 aromatic carbocycles. The van der Waals surface area contributed by atoms with Gasteiger partial charge in [-0.05, 0) is 36.6 Å². The Morgan fingerprint density at radius 3 is 2.71 bits per heavy atom. The standard InChI is InChI=1S/C21H18ClF2N3O4/c22-14-2-1-13(6-15(14)24)31-10-18(29)26-19-11-7-21(8-11,9-17(19)28)27-20(30)16-5-12(23)3-4-25-16/h1-6,17,28H,7-10H2,(H,26,29)(H,27,30). The maximum absolute atomic E-state index is 13.4. The molecule has 1 fully saturated rings. The number of amides is 2. The average molecular weight is 450 g/mol. The Labute approximate surface area is 181 Å². The van der Waals surface area contributed by atoms with Crippen LogP contribution in [-0.2, 0) is 4.79 Å². The number of hydrogen-bond donors (Lipinski definition) is 3. The van der Waals surface area contributed by atoms with Gasteiger partial charge in [-0.15, -0.1) is 0 Å². The summed E-state index contributed by atoms with van der Waals surface area (Å²) in [6.07, 6.45) is 1.30. The summed E-state index contributed by atoms with van der Waals surface area (Å²) in [6, 6.07) is 6.02. The van der Waals surface area contributed by atoms with E-state index in [0.717, 1.165) is 23.8 Å². The smallest absolute Gasteiger partial charge is 0.270 e. The molecule has 1 unspecified atom stereocenters. The third kappa shape index (κ3) is 4.52. The van der Waals surface area contributed by atoms with Crippen molar-refractivity contribution in [1.29, 1.82) is 0 Å². The molecule has 3 aliphatic carbocycles. The number of pyridine rings is 1. The van der Waals surface area contributed by atoms with Gasteiger partial charge in [0.25, 0.3) is 11.8 Å². The fourth-order valence-electron chi connectivity index (χ4n) is 3.85. The van der Waals surface area contributed by atoms with Gasteiger partial charge in [0, 0.05) is 30.4 Å². The summed E-state index contributed by atoms with van der Waals surface area (Å²) in [5.41, 5.74) is 0.481. The predicted octanol–water partition coefficient (Wildman–Crippen LogP) is 2.49. The summed E-state index contributed by atoms with van der Waals surface area (Å²) >= 11 is 5.60. The summed E-state index contributed by atoms with van der Waals surface area (Å²) in [4.78, 5) is 28.4. The van der Waals surface area contributed by atoms with Crippen molar-refractivity contribution >= 4 is 23.4 Å². The lowest BCUT2D eigenvalue weighted by atomic mass is 9.63. The van der Waals surface area contributed by atoms with Crippen molar-refractivity contribution in [3.8, 4) is 5.75 Å². The minimum atomic E-state index is -0.991. The van der Waals surface area contributed by atoms with E-state index in [4.69, 9.17) is 16.3 Å². The van der Waals surface area contributed by atoms with E-state index < -0.39 is 35.1 Å². The molecule has 2 bridgehead atoms. The summed E-state index contributed by atoms with van der Waals surface area (Å²) in [6.45, 7) is -0.377. The highest BCUT2D eigenvalue weighted by molar-refractivity contribution is 6.30. The van der Waals surface area contributed by atoms with Gasteiger partial charge in [-0.1, -0.05) is 11.6 Å². The van der Waals surface area contributed by atoms with Gasteiger partial charge >= 0.3 is 0 Å². The van der Waals surface area contributed by atoms with Crippen LogP contribution in [0.2, 0.25) is 5.02 Å². The quantitative estimate of drug-likeness (QED) is 0.629. The second-order valence-corrected chi connectivity index (χ2v) is 8.00. The fourth-order valence-corrected chi connectivity index (χ4v) is 3.97. The van der Waals surface area contributed by atoms with E-state index in [1.165, 1.54) is 18.3 Å². The van der Waals surface area contributed by atoms with Gasteiger partial charge in [-0.3, -0.25) is 14.6 Å². The van der Waals surface area contributed by atoms with Gasteiger partial charge in [-0.25, -0.2) is 8.78 Å². The van der Waals surface area contributed by atoms with Crippen molar-refractivity contribution in [2.75, 3.05) is 6.61 Å². The number of benzene rings is 1. The maximum Gasteiger partial charge on any atom is 0.270 e. The summed E-state index contributed by atoms with van der Waals surface area (Å²) in [5.74, 6) is -2.11. The first-order chi connectivity index (χ1) is 14.7.